The average molecular weight is 524 g/mol. The molecule has 1 aliphatic heterocycles. The number of thioether (sulfide) groups is 1. The van der Waals surface area contributed by atoms with E-state index in [9.17, 15) is 4.79 Å². The number of aromatic amines is 1. The summed E-state index contributed by atoms with van der Waals surface area (Å²) in [5, 5.41) is 10.6. The van der Waals surface area contributed by atoms with Crippen LogP contribution in [0.2, 0.25) is 0 Å². The van der Waals surface area contributed by atoms with Crippen molar-refractivity contribution in [2.75, 3.05) is 11.5 Å². The van der Waals surface area contributed by atoms with Gasteiger partial charge in [-0.3, -0.25) is 9.36 Å². The number of aromatic nitrogens is 4. The van der Waals surface area contributed by atoms with Gasteiger partial charge in [0.05, 0.1) is 11.9 Å². The molecule has 1 aliphatic rings. The number of anilines is 1. The number of fused-ring (bicyclic) bond motifs is 2. The van der Waals surface area contributed by atoms with Crippen molar-refractivity contribution in [1.82, 2.24) is 19.7 Å². The largest absolute Gasteiger partial charge is 0.494 e. The number of carbonyl (C=O) groups is 1. The molecule has 0 saturated carbocycles. The Morgan fingerprint density at radius 2 is 1.84 bits per heavy atom. The van der Waals surface area contributed by atoms with Gasteiger partial charge in [0, 0.05) is 40.1 Å². The minimum absolute atomic E-state index is 0.0716. The summed E-state index contributed by atoms with van der Waals surface area (Å²) in [6.07, 6.45) is 2.83. The van der Waals surface area contributed by atoms with Crippen molar-refractivity contribution in [3.05, 3.63) is 84.6 Å². The first kappa shape index (κ1) is 24.3. The Hall–Kier alpha value is -4.04. The van der Waals surface area contributed by atoms with E-state index < -0.39 is 0 Å². The van der Waals surface area contributed by atoms with Crippen LogP contribution in [0.4, 0.5) is 5.69 Å². The van der Waals surface area contributed by atoms with E-state index in [1.165, 1.54) is 17.3 Å². The smallest absolute Gasteiger partial charge is 0.240 e. The van der Waals surface area contributed by atoms with Gasteiger partial charge < -0.3 is 14.6 Å². The Morgan fingerprint density at radius 1 is 1.08 bits per heavy atom. The molecule has 1 N–H and O–H groups in total. The highest BCUT2D eigenvalue weighted by Gasteiger charge is 2.34. The van der Waals surface area contributed by atoms with E-state index in [0.29, 0.717) is 17.6 Å². The van der Waals surface area contributed by atoms with Crippen LogP contribution in [0, 0.1) is 0 Å². The lowest BCUT2D eigenvalue weighted by Gasteiger charge is -2.25. The Bertz CT molecular complexity index is 1610. The van der Waals surface area contributed by atoms with Gasteiger partial charge in [0.15, 0.2) is 11.0 Å². The molecule has 0 aliphatic carbocycles. The fraction of sp³-hybridized carbons (Fsp3) is 0.233. The summed E-state index contributed by atoms with van der Waals surface area (Å²) in [5.74, 6) is 1.59. The van der Waals surface area contributed by atoms with Crippen LogP contribution in [0.1, 0.15) is 26.3 Å². The Balaban J connectivity index is 1.38. The number of hydrogen-bond donors (Lipinski definition) is 1. The standard InChI is InChI=1S/C30H29N5O2S/c1-4-37-23-15-13-22(14-16-23)35-28(25-18-31-26-11-7-6-10-24(25)26)32-33-30(35)38-20(3)29(36)34-19(2)17-21-9-5-8-12-27(21)34/h5-16,18-20,31H,4,17H2,1-3H3/t19-,20+/m0/s1. The molecule has 8 heteroatoms. The number of amides is 1. The number of hydrogen-bond acceptors (Lipinski definition) is 5. The summed E-state index contributed by atoms with van der Waals surface area (Å²) in [4.78, 5) is 19.0. The molecule has 2 atom stereocenters. The molecule has 2 aromatic heterocycles. The van der Waals surface area contributed by atoms with Crippen molar-refractivity contribution in [3.8, 4) is 22.8 Å². The van der Waals surface area contributed by atoms with E-state index in [1.807, 2.05) is 90.2 Å². The first-order valence-electron chi connectivity index (χ1n) is 12.9. The highest BCUT2D eigenvalue weighted by atomic mass is 32.2. The second-order valence-corrected chi connectivity index (χ2v) is 10.8. The molecule has 7 nitrogen and oxygen atoms in total. The molecular weight excluding hydrogens is 494 g/mol. The van der Waals surface area contributed by atoms with Crippen molar-refractivity contribution in [3.63, 3.8) is 0 Å². The molecule has 6 rings (SSSR count). The highest BCUT2D eigenvalue weighted by molar-refractivity contribution is 8.00. The van der Waals surface area contributed by atoms with E-state index in [1.54, 1.807) is 0 Å². The van der Waals surface area contributed by atoms with E-state index >= 15 is 0 Å². The monoisotopic (exact) mass is 523 g/mol. The average Bonchev–Trinajstić information content (AvgIpc) is 3.63. The molecule has 1 amide bonds. The second kappa shape index (κ2) is 10.0. The summed E-state index contributed by atoms with van der Waals surface area (Å²) in [6.45, 7) is 6.62. The molecule has 0 bridgehead atoms. The lowest BCUT2D eigenvalue weighted by molar-refractivity contribution is -0.118. The number of ether oxygens (including phenoxy) is 1. The molecule has 5 aromatic rings. The maximum Gasteiger partial charge on any atom is 0.240 e. The Kier molecular flexibility index (Phi) is 6.41. The third kappa shape index (κ3) is 4.24. The number of nitrogens with one attached hydrogen (secondary N) is 1. The number of rotatable bonds is 7. The van der Waals surface area contributed by atoms with Crippen LogP contribution >= 0.6 is 11.8 Å². The maximum atomic E-state index is 13.7. The molecule has 0 radical (unpaired) electrons. The van der Waals surface area contributed by atoms with Crippen molar-refractivity contribution in [1.29, 1.82) is 0 Å². The number of benzene rings is 3. The van der Waals surface area contributed by atoms with Crippen LogP contribution in [0.15, 0.2) is 84.1 Å². The maximum absolute atomic E-state index is 13.7. The summed E-state index contributed by atoms with van der Waals surface area (Å²) < 4.78 is 7.69. The predicted molar refractivity (Wildman–Crippen MR) is 152 cm³/mol. The molecule has 38 heavy (non-hydrogen) atoms. The van der Waals surface area contributed by atoms with E-state index in [-0.39, 0.29) is 17.2 Å². The quantitative estimate of drug-likeness (QED) is 0.254. The molecule has 0 saturated heterocycles. The van der Waals surface area contributed by atoms with Crippen LogP contribution in [0.25, 0.3) is 28.0 Å². The van der Waals surface area contributed by atoms with Gasteiger partial charge in [0.25, 0.3) is 0 Å². The predicted octanol–water partition coefficient (Wildman–Crippen LogP) is 6.27. The minimum atomic E-state index is -0.356. The van der Waals surface area contributed by atoms with Gasteiger partial charge in [-0.05, 0) is 69.2 Å². The molecule has 0 fully saturated rings. The summed E-state index contributed by atoms with van der Waals surface area (Å²) in [7, 11) is 0. The zero-order valence-corrected chi connectivity index (χ0v) is 22.4. The third-order valence-corrected chi connectivity index (χ3v) is 7.97. The second-order valence-electron chi connectivity index (χ2n) is 9.47. The van der Waals surface area contributed by atoms with E-state index in [2.05, 4.69) is 34.2 Å². The lowest BCUT2D eigenvalue weighted by atomic mass is 10.1. The molecule has 3 heterocycles. The topological polar surface area (TPSA) is 76.0 Å². The van der Waals surface area contributed by atoms with E-state index in [4.69, 9.17) is 4.74 Å². The van der Waals surface area contributed by atoms with Crippen LogP contribution in [-0.2, 0) is 11.2 Å². The molecular formula is C30H29N5O2S. The normalized spacial score (nSPS) is 15.6. The zero-order chi connectivity index (χ0) is 26.2. The zero-order valence-electron chi connectivity index (χ0n) is 21.6. The first-order valence-corrected chi connectivity index (χ1v) is 13.8. The molecule has 0 unspecified atom stereocenters. The SMILES string of the molecule is CCOc1ccc(-n2c(S[C@H](C)C(=O)N3c4ccccc4C[C@@H]3C)nnc2-c2c[nH]c3ccccc23)cc1. The van der Waals surface area contributed by atoms with Crippen molar-refractivity contribution >= 4 is 34.3 Å². The fourth-order valence-electron chi connectivity index (χ4n) is 5.17. The summed E-state index contributed by atoms with van der Waals surface area (Å²) in [5.41, 5.74) is 5.11. The van der Waals surface area contributed by atoms with Crippen LogP contribution in [0.5, 0.6) is 5.75 Å². The van der Waals surface area contributed by atoms with Gasteiger partial charge in [-0.2, -0.15) is 0 Å². The van der Waals surface area contributed by atoms with Gasteiger partial charge in [-0.1, -0.05) is 48.2 Å². The number of carbonyl (C=O) groups excluding carboxylic acids is 1. The fourth-order valence-corrected chi connectivity index (χ4v) is 6.09. The van der Waals surface area contributed by atoms with Crippen LogP contribution < -0.4 is 9.64 Å². The molecule has 0 spiro atoms. The number of para-hydroxylation sites is 2. The Morgan fingerprint density at radius 3 is 2.66 bits per heavy atom. The van der Waals surface area contributed by atoms with Crippen molar-refractivity contribution < 1.29 is 9.53 Å². The van der Waals surface area contributed by atoms with Gasteiger partial charge in [0.2, 0.25) is 5.91 Å². The van der Waals surface area contributed by atoms with Crippen LogP contribution in [0.3, 0.4) is 0 Å². The van der Waals surface area contributed by atoms with Crippen molar-refractivity contribution in [2.24, 2.45) is 0 Å². The lowest BCUT2D eigenvalue weighted by Crippen LogP contribution is -2.40. The Labute approximate surface area is 225 Å². The number of nitrogens with zero attached hydrogens (tertiary/aromatic N) is 4. The minimum Gasteiger partial charge on any atom is -0.494 e. The summed E-state index contributed by atoms with van der Waals surface area (Å²) in [6, 6.07) is 24.3. The van der Waals surface area contributed by atoms with Gasteiger partial charge >= 0.3 is 0 Å². The van der Waals surface area contributed by atoms with Gasteiger partial charge in [-0.15, -0.1) is 10.2 Å². The third-order valence-electron chi connectivity index (χ3n) is 6.94. The highest BCUT2D eigenvalue weighted by Crippen LogP contribution is 2.37. The van der Waals surface area contributed by atoms with Crippen LogP contribution in [-0.4, -0.2) is 43.6 Å². The first-order chi connectivity index (χ1) is 18.5. The molecule has 192 valence electrons. The number of H-pyrrole nitrogens is 1. The van der Waals surface area contributed by atoms with Gasteiger partial charge in [-0.25, -0.2) is 0 Å². The molecule has 3 aromatic carbocycles. The summed E-state index contributed by atoms with van der Waals surface area (Å²) >= 11 is 1.43. The van der Waals surface area contributed by atoms with E-state index in [0.717, 1.165) is 40.0 Å². The van der Waals surface area contributed by atoms with Gasteiger partial charge in [0.1, 0.15) is 5.75 Å². The van der Waals surface area contributed by atoms with Crippen molar-refractivity contribution in [2.45, 2.75) is 43.6 Å².